The first-order chi connectivity index (χ1) is 9.60. The average Bonchev–Trinajstić information content (AvgIpc) is 3.03. The van der Waals surface area contributed by atoms with Crippen molar-refractivity contribution >= 4 is 10.0 Å². The van der Waals surface area contributed by atoms with Gasteiger partial charge in [0.05, 0.1) is 11.9 Å². The number of nitrogens with zero attached hydrogens (tertiary/aromatic N) is 2. The second kappa shape index (κ2) is 5.33. The van der Waals surface area contributed by atoms with Crippen LogP contribution in [0.25, 0.3) is 0 Å². The molecule has 2 aliphatic rings. The average molecular weight is 296 g/mol. The molecule has 5 nitrogen and oxygen atoms in total. The van der Waals surface area contributed by atoms with E-state index >= 15 is 0 Å². The SMILES string of the molecule is CCS(=O)(=O)N1C[C@H]2CC[C@@H](Oc3cccnc3)[C@H]2C1. The Bertz CT molecular complexity index is 561. The molecule has 0 amide bonds. The maximum atomic E-state index is 12.0. The molecule has 0 spiro atoms. The summed E-state index contributed by atoms with van der Waals surface area (Å²) in [7, 11) is -3.07. The molecule has 3 rings (SSSR count). The summed E-state index contributed by atoms with van der Waals surface area (Å²) >= 11 is 0. The predicted molar refractivity (Wildman–Crippen MR) is 75.9 cm³/mol. The van der Waals surface area contributed by atoms with E-state index in [1.54, 1.807) is 23.6 Å². The minimum atomic E-state index is -3.07. The van der Waals surface area contributed by atoms with E-state index < -0.39 is 10.0 Å². The monoisotopic (exact) mass is 296 g/mol. The number of hydrogen-bond donors (Lipinski definition) is 0. The maximum absolute atomic E-state index is 12.0. The van der Waals surface area contributed by atoms with E-state index in [4.69, 9.17) is 4.74 Å². The summed E-state index contributed by atoms with van der Waals surface area (Å²) in [6.07, 6.45) is 5.59. The molecule has 1 aromatic rings. The highest BCUT2D eigenvalue weighted by atomic mass is 32.2. The minimum absolute atomic E-state index is 0.112. The highest BCUT2D eigenvalue weighted by molar-refractivity contribution is 7.89. The van der Waals surface area contributed by atoms with Crippen molar-refractivity contribution in [2.75, 3.05) is 18.8 Å². The molecule has 20 heavy (non-hydrogen) atoms. The number of aromatic nitrogens is 1. The minimum Gasteiger partial charge on any atom is -0.488 e. The van der Waals surface area contributed by atoms with Crippen molar-refractivity contribution < 1.29 is 13.2 Å². The lowest BCUT2D eigenvalue weighted by Gasteiger charge is -2.21. The first-order valence-electron chi connectivity index (χ1n) is 7.14. The van der Waals surface area contributed by atoms with Crippen molar-refractivity contribution in [1.29, 1.82) is 0 Å². The van der Waals surface area contributed by atoms with Crippen LogP contribution in [-0.4, -0.2) is 42.7 Å². The fourth-order valence-electron chi connectivity index (χ4n) is 3.32. The molecule has 6 heteroatoms. The first-order valence-corrected chi connectivity index (χ1v) is 8.75. The van der Waals surface area contributed by atoms with E-state index in [1.807, 2.05) is 12.1 Å². The van der Waals surface area contributed by atoms with E-state index in [1.165, 1.54) is 0 Å². The van der Waals surface area contributed by atoms with Crippen molar-refractivity contribution in [2.45, 2.75) is 25.9 Å². The molecule has 1 aliphatic carbocycles. The number of hydrogen-bond acceptors (Lipinski definition) is 4. The molecule has 0 aromatic carbocycles. The van der Waals surface area contributed by atoms with Crippen LogP contribution in [0.2, 0.25) is 0 Å². The third-order valence-electron chi connectivity index (χ3n) is 4.44. The van der Waals surface area contributed by atoms with Gasteiger partial charge in [0.1, 0.15) is 11.9 Å². The zero-order valence-corrected chi connectivity index (χ0v) is 12.4. The molecule has 1 aromatic heterocycles. The maximum Gasteiger partial charge on any atom is 0.213 e. The zero-order valence-electron chi connectivity index (χ0n) is 11.6. The number of sulfonamides is 1. The third-order valence-corrected chi connectivity index (χ3v) is 6.25. The van der Waals surface area contributed by atoms with Crippen LogP contribution in [0.15, 0.2) is 24.5 Å². The Morgan fingerprint density at radius 3 is 2.95 bits per heavy atom. The lowest BCUT2D eigenvalue weighted by atomic mass is 9.99. The molecular weight excluding hydrogens is 276 g/mol. The summed E-state index contributed by atoms with van der Waals surface area (Å²) in [4.78, 5) is 4.05. The summed E-state index contributed by atoms with van der Waals surface area (Å²) in [6.45, 7) is 2.96. The zero-order chi connectivity index (χ0) is 14.2. The second-order valence-electron chi connectivity index (χ2n) is 5.56. The van der Waals surface area contributed by atoms with Crippen LogP contribution < -0.4 is 4.74 Å². The Balaban J connectivity index is 1.69. The smallest absolute Gasteiger partial charge is 0.213 e. The Hall–Kier alpha value is -1.14. The molecule has 3 atom stereocenters. The van der Waals surface area contributed by atoms with Gasteiger partial charge in [-0.1, -0.05) is 0 Å². The summed E-state index contributed by atoms with van der Waals surface area (Å²) in [5, 5.41) is 0. The van der Waals surface area contributed by atoms with Crippen molar-refractivity contribution in [1.82, 2.24) is 9.29 Å². The van der Waals surface area contributed by atoms with Crippen LogP contribution >= 0.6 is 0 Å². The van der Waals surface area contributed by atoms with Gasteiger partial charge in [0.15, 0.2) is 0 Å². The Morgan fingerprint density at radius 2 is 2.25 bits per heavy atom. The lowest BCUT2D eigenvalue weighted by Crippen LogP contribution is -2.33. The second-order valence-corrected chi connectivity index (χ2v) is 7.82. The van der Waals surface area contributed by atoms with Gasteiger partial charge in [0, 0.05) is 25.2 Å². The lowest BCUT2D eigenvalue weighted by molar-refractivity contribution is 0.154. The molecule has 0 unspecified atom stereocenters. The highest BCUT2D eigenvalue weighted by Gasteiger charge is 2.46. The van der Waals surface area contributed by atoms with Crippen LogP contribution in [0, 0.1) is 11.8 Å². The van der Waals surface area contributed by atoms with Gasteiger partial charge in [-0.15, -0.1) is 0 Å². The van der Waals surface area contributed by atoms with Crippen LogP contribution in [0.4, 0.5) is 0 Å². The molecule has 110 valence electrons. The summed E-state index contributed by atoms with van der Waals surface area (Å²) in [6, 6.07) is 3.75. The fraction of sp³-hybridized carbons (Fsp3) is 0.643. The number of fused-ring (bicyclic) bond motifs is 1. The molecule has 1 saturated carbocycles. The van der Waals surface area contributed by atoms with Crippen LogP contribution in [-0.2, 0) is 10.0 Å². The number of rotatable bonds is 4. The number of pyridine rings is 1. The van der Waals surface area contributed by atoms with E-state index in [2.05, 4.69) is 4.98 Å². The summed E-state index contributed by atoms with van der Waals surface area (Å²) < 4.78 is 31.6. The van der Waals surface area contributed by atoms with Crippen LogP contribution in [0.1, 0.15) is 19.8 Å². The van der Waals surface area contributed by atoms with Crippen molar-refractivity contribution in [3.63, 3.8) is 0 Å². The highest BCUT2D eigenvalue weighted by Crippen LogP contribution is 2.40. The summed E-state index contributed by atoms with van der Waals surface area (Å²) in [5.74, 6) is 1.71. The molecule has 0 N–H and O–H groups in total. The van der Waals surface area contributed by atoms with Crippen molar-refractivity contribution in [2.24, 2.45) is 11.8 Å². The molecule has 0 bridgehead atoms. The molecular formula is C14H20N2O3S. The Labute approximate surface area is 120 Å². The summed E-state index contributed by atoms with van der Waals surface area (Å²) in [5.41, 5.74) is 0. The van der Waals surface area contributed by atoms with Gasteiger partial charge in [0.2, 0.25) is 10.0 Å². The predicted octanol–water partition coefficient (Wildman–Crippen LogP) is 1.52. The van der Waals surface area contributed by atoms with Gasteiger partial charge in [-0.25, -0.2) is 12.7 Å². The third kappa shape index (κ3) is 2.54. The molecule has 1 aliphatic heterocycles. The fourth-order valence-corrected chi connectivity index (χ4v) is 4.51. The van der Waals surface area contributed by atoms with Crippen LogP contribution in [0.5, 0.6) is 5.75 Å². The number of ether oxygens (including phenoxy) is 1. The van der Waals surface area contributed by atoms with Gasteiger partial charge in [-0.3, -0.25) is 4.98 Å². The van der Waals surface area contributed by atoms with E-state index in [0.29, 0.717) is 24.9 Å². The van der Waals surface area contributed by atoms with Gasteiger partial charge >= 0.3 is 0 Å². The normalized spacial score (nSPS) is 30.4. The van der Waals surface area contributed by atoms with Gasteiger partial charge in [-0.05, 0) is 37.8 Å². The molecule has 0 radical (unpaired) electrons. The van der Waals surface area contributed by atoms with E-state index in [9.17, 15) is 8.42 Å². The molecule has 1 saturated heterocycles. The van der Waals surface area contributed by atoms with Crippen molar-refractivity contribution in [3.05, 3.63) is 24.5 Å². The van der Waals surface area contributed by atoms with E-state index in [-0.39, 0.29) is 11.9 Å². The topological polar surface area (TPSA) is 59.5 Å². The first kappa shape index (κ1) is 13.8. The molecule has 2 fully saturated rings. The van der Waals surface area contributed by atoms with E-state index in [0.717, 1.165) is 18.6 Å². The Kier molecular flexibility index (Phi) is 3.69. The molecule has 2 heterocycles. The Morgan fingerprint density at radius 1 is 1.40 bits per heavy atom. The van der Waals surface area contributed by atoms with Crippen LogP contribution in [0.3, 0.4) is 0 Å². The standard InChI is InChI=1S/C14H20N2O3S/c1-2-20(17,18)16-9-11-5-6-14(13(11)10-16)19-12-4-3-7-15-8-12/h3-4,7-8,11,13-14H,2,5-6,9-10H2,1H3/t11-,13+,14-/m1/s1. The van der Waals surface area contributed by atoms with Gasteiger partial charge < -0.3 is 4.74 Å². The largest absolute Gasteiger partial charge is 0.488 e. The quantitative estimate of drug-likeness (QED) is 0.845. The van der Waals surface area contributed by atoms with Crippen molar-refractivity contribution in [3.8, 4) is 5.75 Å². The van der Waals surface area contributed by atoms with Gasteiger partial charge in [-0.2, -0.15) is 0 Å². The van der Waals surface area contributed by atoms with Gasteiger partial charge in [0.25, 0.3) is 0 Å².